The van der Waals surface area contributed by atoms with Crippen LogP contribution < -0.4 is 5.32 Å². The van der Waals surface area contributed by atoms with E-state index in [9.17, 15) is 13.2 Å². The van der Waals surface area contributed by atoms with E-state index in [2.05, 4.69) is 10.1 Å². The van der Waals surface area contributed by atoms with Crippen LogP contribution in [-0.4, -0.2) is 12.6 Å². The minimum absolute atomic E-state index is 1.06. The lowest BCUT2D eigenvalue weighted by Crippen LogP contribution is -2.30. The third kappa shape index (κ3) is 2.36. The maximum absolute atomic E-state index is 11.4. The van der Waals surface area contributed by atoms with Gasteiger partial charge in [0.2, 0.25) is 0 Å². The Labute approximate surface area is 55.7 Å². The molecule has 1 rings (SSSR count). The molecule has 0 fully saturated rings. The fraction of sp³-hybridized carbons (Fsp3) is 0.400. The Morgan fingerprint density at radius 1 is 1.40 bits per heavy atom. The number of nitrogens with one attached hydrogen (secondary N) is 1. The van der Waals surface area contributed by atoms with Gasteiger partial charge in [0.05, 0.1) is 0 Å². The molecule has 10 heavy (non-hydrogen) atoms. The smallest absolute Gasteiger partial charge is 0.280 e. The normalized spacial score (nSPS) is 25.7. The van der Waals surface area contributed by atoms with Crippen molar-refractivity contribution in [3.8, 4) is 0 Å². The van der Waals surface area contributed by atoms with Gasteiger partial charge in [-0.1, -0.05) is 6.08 Å². The van der Waals surface area contributed by atoms with E-state index >= 15 is 0 Å². The molecule has 1 atom stereocenters. The molecule has 0 aromatic rings. The van der Waals surface area contributed by atoms with Gasteiger partial charge in [0.15, 0.2) is 0 Å². The molecule has 0 aliphatic carbocycles. The van der Waals surface area contributed by atoms with Crippen molar-refractivity contribution in [2.75, 3.05) is 0 Å². The molecular formula is C5H5F3NO. The zero-order valence-corrected chi connectivity index (χ0v) is 4.85. The first-order valence-electron chi connectivity index (χ1n) is 2.58. The lowest BCUT2D eigenvalue weighted by Gasteiger charge is -2.12. The molecule has 0 saturated heterocycles. The Morgan fingerprint density at radius 2 is 2.10 bits per heavy atom. The zero-order chi connectivity index (χ0) is 7.61. The SMILES string of the molecule is FC(F)(F)OC1C=C[CH]N1. The molecule has 1 unspecified atom stereocenters. The summed E-state index contributed by atoms with van der Waals surface area (Å²) in [6, 6.07) is 0. The Hall–Kier alpha value is -0.550. The molecule has 0 amide bonds. The van der Waals surface area contributed by atoms with E-state index in [4.69, 9.17) is 0 Å². The van der Waals surface area contributed by atoms with Gasteiger partial charge in [-0.2, -0.15) is 0 Å². The van der Waals surface area contributed by atoms with Gasteiger partial charge in [0.25, 0.3) is 0 Å². The predicted octanol–water partition coefficient (Wildman–Crippen LogP) is 1.17. The molecular weight excluding hydrogens is 147 g/mol. The van der Waals surface area contributed by atoms with Crippen LogP contribution in [0.3, 0.4) is 0 Å². The summed E-state index contributed by atoms with van der Waals surface area (Å²) in [5.41, 5.74) is 0. The van der Waals surface area contributed by atoms with E-state index < -0.39 is 12.6 Å². The second kappa shape index (κ2) is 2.59. The predicted molar refractivity (Wildman–Crippen MR) is 27.5 cm³/mol. The molecule has 1 radical (unpaired) electrons. The van der Waals surface area contributed by atoms with E-state index in [1.807, 2.05) is 0 Å². The first kappa shape index (κ1) is 7.56. The standard InChI is InChI=1S/C5H5F3NO/c6-5(7,8)10-4-2-1-3-9-4/h1-4,9H. The van der Waals surface area contributed by atoms with Gasteiger partial charge < -0.3 is 0 Å². The van der Waals surface area contributed by atoms with Crippen LogP contribution in [-0.2, 0) is 4.74 Å². The van der Waals surface area contributed by atoms with E-state index in [1.165, 1.54) is 18.7 Å². The highest BCUT2D eigenvalue weighted by Gasteiger charge is 2.33. The highest BCUT2D eigenvalue weighted by molar-refractivity contribution is 5.05. The van der Waals surface area contributed by atoms with Crippen molar-refractivity contribution in [1.29, 1.82) is 0 Å². The lowest BCUT2D eigenvalue weighted by atomic mass is 10.5. The summed E-state index contributed by atoms with van der Waals surface area (Å²) in [6.07, 6.45) is -2.90. The maximum atomic E-state index is 11.4. The summed E-state index contributed by atoms with van der Waals surface area (Å²) in [7, 11) is 0. The molecule has 0 aromatic heterocycles. The van der Waals surface area contributed by atoms with Crippen molar-refractivity contribution in [1.82, 2.24) is 5.32 Å². The van der Waals surface area contributed by atoms with E-state index in [1.54, 1.807) is 0 Å². The van der Waals surface area contributed by atoms with Crippen LogP contribution in [0, 0.1) is 6.54 Å². The Morgan fingerprint density at radius 3 is 2.50 bits per heavy atom. The molecule has 0 saturated carbocycles. The third-order valence-electron chi connectivity index (χ3n) is 0.903. The molecule has 0 spiro atoms. The molecule has 1 aliphatic heterocycles. The lowest BCUT2D eigenvalue weighted by molar-refractivity contribution is -0.338. The number of halogens is 3. The summed E-state index contributed by atoms with van der Waals surface area (Å²) in [5.74, 6) is 0. The fourth-order valence-corrected chi connectivity index (χ4v) is 0.580. The summed E-state index contributed by atoms with van der Waals surface area (Å²) < 4.78 is 37.8. The monoisotopic (exact) mass is 152 g/mol. The largest absolute Gasteiger partial charge is 0.524 e. The van der Waals surface area contributed by atoms with Gasteiger partial charge in [-0.25, -0.2) is 0 Å². The fourth-order valence-electron chi connectivity index (χ4n) is 0.580. The van der Waals surface area contributed by atoms with E-state index in [0.29, 0.717) is 0 Å². The minimum atomic E-state index is -4.57. The molecule has 57 valence electrons. The summed E-state index contributed by atoms with van der Waals surface area (Å²) >= 11 is 0. The van der Waals surface area contributed by atoms with Crippen LogP contribution in [0.2, 0.25) is 0 Å². The third-order valence-corrected chi connectivity index (χ3v) is 0.903. The summed E-state index contributed by atoms with van der Waals surface area (Å²) in [4.78, 5) is 0. The molecule has 0 aromatic carbocycles. The topological polar surface area (TPSA) is 21.3 Å². The Kier molecular flexibility index (Phi) is 1.96. The molecule has 0 bridgehead atoms. The van der Waals surface area contributed by atoms with E-state index in [0.717, 1.165) is 0 Å². The molecule has 1 aliphatic rings. The van der Waals surface area contributed by atoms with Crippen LogP contribution in [0.15, 0.2) is 12.2 Å². The number of hydrogen-bond acceptors (Lipinski definition) is 2. The summed E-state index contributed by atoms with van der Waals surface area (Å²) in [6.45, 7) is 1.39. The van der Waals surface area contributed by atoms with E-state index in [-0.39, 0.29) is 0 Å². The number of rotatable bonds is 1. The van der Waals surface area contributed by atoms with Gasteiger partial charge in [-0.15, -0.1) is 13.2 Å². The second-order valence-corrected chi connectivity index (χ2v) is 1.70. The second-order valence-electron chi connectivity index (χ2n) is 1.70. The van der Waals surface area contributed by atoms with Crippen molar-refractivity contribution in [2.45, 2.75) is 12.6 Å². The van der Waals surface area contributed by atoms with Crippen molar-refractivity contribution < 1.29 is 17.9 Å². The number of hydrogen-bond donors (Lipinski definition) is 1. The average molecular weight is 152 g/mol. The van der Waals surface area contributed by atoms with Crippen molar-refractivity contribution in [2.24, 2.45) is 0 Å². The van der Waals surface area contributed by atoms with Crippen molar-refractivity contribution >= 4 is 0 Å². The number of alkyl halides is 3. The quantitative estimate of drug-likeness (QED) is 0.608. The maximum Gasteiger partial charge on any atom is 0.524 e. The van der Waals surface area contributed by atoms with Crippen LogP contribution in [0.25, 0.3) is 0 Å². The van der Waals surface area contributed by atoms with Crippen molar-refractivity contribution in [3.63, 3.8) is 0 Å². The number of ether oxygens (including phenoxy) is 1. The van der Waals surface area contributed by atoms with Crippen LogP contribution in [0.1, 0.15) is 0 Å². The first-order valence-corrected chi connectivity index (χ1v) is 2.58. The minimum Gasteiger partial charge on any atom is -0.280 e. The van der Waals surface area contributed by atoms with Gasteiger partial charge in [0, 0.05) is 6.54 Å². The van der Waals surface area contributed by atoms with Crippen LogP contribution in [0.5, 0.6) is 0 Å². The van der Waals surface area contributed by atoms with Gasteiger partial charge in [-0.3, -0.25) is 10.1 Å². The molecule has 1 heterocycles. The molecule has 1 N–H and O–H groups in total. The zero-order valence-electron chi connectivity index (χ0n) is 4.85. The van der Waals surface area contributed by atoms with Crippen molar-refractivity contribution in [3.05, 3.63) is 18.7 Å². The Balaban J connectivity index is 2.31. The van der Waals surface area contributed by atoms with Crippen LogP contribution in [0.4, 0.5) is 13.2 Å². The highest BCUT2D eigenvalue weighted by Crippen LogP contribution is 2.19. The van der Waals surface area contributed by atoms with Gasteiger partial charge in [-0.05, 0) is 6.08 Å². The average Bonchev–Trinajstić information content (AvgIpc) is 2.12. The van der Waals surface area contributed by atoms with Gasteiger partial charge >= 0.3 is 6.36 Å². The van der Waals surface area contributed by atoms with Crippen LogP contribution >= 0.6 is 0 Å². The highest BCUT2D eigenvalue weighted by atomic mass is 19.4. The first-order chi connectivity index (χ1) is 4.58. The van der Waals surface area contributed by atoms with Gasteiger partial charge in [0.1, 0.15) is 6.23 Å². The Bertz CT molecular complexity index is 142. The molecule has 2 nitrogen and oxygen atoms in total. The summed E-state index contributed by atoms with van der Waals surface area (Å²) in [5, 5.41) is 2.33. The molecule has 5 heteroatoms.